The molecule has 198 valence electrons. The van der Waals surface area contributed by atoms with E-state index in [4.69, 9.17) is 17.3 Å². The monoisotopic (exact) mass is 580 g/mol. The number of nitrogens with two attached hydrogens (primary N) is 1. The summed E-state index contributed by atoms with van der Waals surface area (Å²) in [6.45, 7) is 1.78. The number of halogens is 2. The number of hydrogen-bond acceptors (Lipinski definition) is 9. The number of allylic oxidation sites excluding steroid dienone is 3. The number of thioether (sulfide) groups is 1. The number of aryl methyl sites for hydroxylation is 1. The fourth-order valence-electron chi connectivity index (χ4n) is 4.69. The van der Waals surface area contributed by atoms with Crippen molar-refractivity contribution in [2.45, 2.75) is 36.4 Å². The van der Waals surface area contributed by atoms with E-state index in [9.17, 15) is 19.2 Å². The Morgan fingerprint density at radius 3 is 2.79 bits per heavy atom. The Kier molecular flexibility index (Phi) is 7.70. The molecular weight excluding hydrogens is 559 g/mol. The predicted octanol–water partition coefficient (Wildman–Crippen LogP) is 5.67. The molecule has 1 aliphatic heterocycles. The standard InChI is InChI=1S/C27H22ClFN6O2S2/c1-14-5-10-17(29)11-19(14)32-22(37)13-38-27-34-33-26(39-27)35-20-3-2-4-21(36)24(20)23(18(12-30)25(35)31)15-6-8-16(28)9-7-15/h5-11,23H,2-4,13,31H2,1H3,(H,32,37). The summed E-state index contributed by atoms with van der Waals surface area (Å²) >= 11 is 8.45. The van der Waals surface area contributed by atoms with Crippen LogP contribution in [-0.4, -0.2) is 27.6 Å². The van der Waals surface area contributed by atoms with Crippen LogP contribution in [-0.2, 0) is 9.59 Å². The topological polar surface area (TPSA) is 125 Å². The number of hydrogen-bond donors (Lipinski definition) is 2. The first-order valence-electron chi connectivity index (χ1n) is 12.0. The van der Waals surface area contributed by atoms with E-state index in [1.165, 1.54) is 35.2 Å². The lowest BCUT2D eigenvalue weighted by Crippen LogP contribution is -2.38. The molecule has 3 aromatic rings. The van der Waals surface area contributed by atoms with Crippen LogP contribution in [0.2, 0.25) is 5.02 Å². The normalized spacial score (nSPS) is 17.2. The van der Waals surface area contributed by atoms with E-state index in [1.54, 1.807) is 42.2 Å². The summed E-state index contributed by atoms with van der Waals surface area (Å²) in [5.74, 6) is -1.16. The molecule has 0 spiro atoms. The highest BCUT2D eigenvalue weighted by molar-refractivity contribution is 8.01. The summed E-state index contributed by atoms with van der Waals surface area (Å²) < 4.78 is 14.1. The second-order valence-electron chi connectivity index (χ2n) is 9.01. The zero-order valence-electron chi connectivity index (χ0n) is 20.7. The van der Waals surface area contributed by atoms with Gasteiger partial charge in [-0.1, -0.05) is 52.9 Å². The molecule has 1 unspecified atom stereocenters. The van der Waals surface area contributed by atoms with Gasteiger partial charge in [-0.25, -0.2) is 4.39 Å². The molecule has 0 saturated heterocycles. The van der Waals surface area contributed by atoms with Gasteiger partial charge in [-0.15, -0.1) is 10.2 Å². The molecule has 0 radical (unpaired) electrons. The highest BCUT2D eigenvalue weighted by atomic mass is 35.5. The first kappa shape index (κ1) is 26.9. The number of benzene rings is 2. The molecule has 0 fully saturated rings. The minimum absolute atomic E-state index is 0.0322. The van der Waals surface area contributed by atoms with Gasteiger partial charge in [0.15, 0.2) is 10.1 Å². The average Bonchev–Trinajstić information content (AvgIpc) is 3.38. The van der Waals surface area contributed by atoms with Gasteiger partial charge < -0.3 is 11.1 Å². The summed E-state index contributed by atoms with van der Waals surface area (Å²) in [5.41, 5.74) is 9.97. The van der Waals surface area contributed by atoms with Crippen LogP contribution in [0.5, 0.6) is 0 Å². The zero-order valence-corrected chi connectivity index (χ0v) is 23.1. The molecule has 1 aromatic heterocycles. The lowest BCUT2D eigenvalue weighted by Gasteiger charge is -2.38. The maximum atomic E-state index is 13.5. The molecule has 2 heterocycles. The van der Waals surface area contributed by atoms with Crippen molar-refractivity contribution in [2.24, 2.45) is 5.73 Å². The highest BCUT2D eigenvalue weighted by Gasteiger charge is 2.41. The van der Waals surface area contributed by atoms with Gasteiger partial charge in [-0.2, -0.15) is 5.26 Å². The molecular formula is C27H22ClFN6O2S2. The minimum atomic E-state index is -0.594. The Bertz CT molecular complexity index is 1580. The lowest BCUT2D eigenvalue weighted by molar-refractivity contribution is -0.116. The van der Waals surface area contributed by atoms with Crippen LogP contribution >= 0.6 is 34.7 Å². The first-order valence-corrected chi connectivity index (χ1v) is 14.2. The molecule has 2 aromatic carbocycles. The number of nitrogens with one attached hydrogen (secondary N) is 1. The van der Waals surface area contributed by atoms with Crippen molar-refractivity contribution >= 4 is 57.2 Å². The molecule has 12 heteroatoms. The van der Waals surface area contributed by atoms with E-state index < -0.39 is 11.7 Å². The van der Waals surface area contributed by atoms with Crippen LogP contribution in [0.25, 0.3) is 0 Å². The van der Waals surface area contributed by atoms with Gasteiger partial charge in [0.2, 0.25) is 11.0 Å². The number of nitrogens with zero attached hydrogens (tertiary/aromatic N) is 4. The number of Topliss-reactive ketones (excluding diaryl/α,β-unsaturated/α-hetero) is 1. The van der Waals surface area contributed by atoms with Crippen molar-refractivity contribution in [1.29, 1.82) is 5.26 Å². The third kappa shape index (κ3) is 5.41. The van der Waals surface area contributed by atoms with Crippen molar-refractivity contribution in [3.05, 3.63) is 87.1 Å². The van der Waals surface area contributed by atoms with E-state index in [0.29, 0.717) is 50.7 Å². The first-order chi connectivity index (χ1) is 18.8. The summed E-state index contributed by atoms with van der Waals surface area (Å²) in [7, 11) is 0. The van der Waals surface area contributed by atoms with Crippen molar-refractivity contribution in [2.75, 3.05) is 16.0 Å². The summed E-state index contributed by atoms with van der Waals surface area (Å²) in [5, 5.41) is 22.3. The van der Waals surface area contributed by atoms with Gasteiger partial charge in [-0.05, 0) is 55.2 Å². The van der Waals surface area contributed by atoms with E-state index in [1.807, 2.05) is 0 Å². The van der Waals surface area contributed by atoms with Crippen LogP contribution in [0.15, 0.2) is 69.5 Å². The van der Waals surface area contributed by atoms with E-state index >= 15 is 0 Å². The largest absolute Gasteiger partial charge is 0.384 e. The number of carbonyl (C=O) groups is 2. The van der Waals surface area contributed by atoms with Crippen LogP contribution in [0, 0.1) is 24.1 Å². The molecule has 3 N–H and O–H groups in total. The minimum Gasteiger partial charge on any atom is -0.384 e. The Labute approximate surface area is 237 Å². The van der Waals surface area contributed by atoms with Gasteiger partial charge in [0, 0.05) is 28.4 Å². The molecule has 39 heavy (non-hydrogen) atoms. The fourth-order valence-corrected chi connectivity index (χ4v) is 6.49. The molecule has 0 bridgehead atoms. The summed E-state index contributed by atoms with van der Waals surface area (Å²) in [6, 6.07) is 13.5. The molecule has 1 amide bonds. The van der Waals surface area contributed by atoms with Gasteiger partial charge in [0.1, 0.15) is 11.6 Å². The number of ketones is 1. The number of aromatic nitrogens is 2. The molecule has 1 aliphatic carbocycles. The Morgan fingerprint density at radius 2 is 2.05 bits per heavy atom. The van der Waals surface area contributed by atoms with E-state index in [0.717, 1.165) is 11.1 Å². The van der Waals surface area contributed by atoms with Gasteiger partial charge >= 0.3 is 0 Å². The van der Waals surface area contributed by atoms with E-state index in [-0.39, 0.29) is 28.8 Å². The van der Waals surface area contributed by atoms with Crippen LogP contribution in [0.3, 0.4) is 0 Å². The van der Waals surface area contributed by atoms with Crippen molar-refractivity contribution in [1.82, 2.24) is 10.2 Å². The van der Waals surface area contributed by atoms with Crippen molar-refractivity contribution in [3.8, 4) is 6.07 Å². The Balaban J connectivity index is 1.41. The maximum Gasteiger partial charge on any atom is 0.234 e. The average molecular weight is 581 g/mol. The van der Waals surface area contributed by atoms with Gasteiger partial charge in [0.25, 0.3) is 0 Å². The van der Waals surface area contributed by atoms with Crippen LogP contribution < -0.4 is 16.0 Å². The number of amides is 1. The lowest BCUT2D eigenvalue weighted by atomic mass is 9.76. The van der Waals surface area contributed by atoms with Gasteiger partial charge in [-0.3, -0.25) is 14.5 Å². The fraction of sp³-hybridized carbons (Fsp3) is 0.222. The molecule has 8 nitrogen and oxygen atoms in total. The Hall–Kier alpha value is -3.72. The maximum absolute atomic E-state index is 13.5. The van der Waals surface area contributed by atoms with Gasteiger partial charge in [0.05, 0.1) is 23.3 Å². The molecule has 2 aliphatic rings. The number of rotatable bonds is 6. The predicted molar refractivity (Wildman–Crippen MR) is 150 cm³/mol. The molecule has 1 atom stereocenters. The SMILES string of the molecule is Cc1ccc(F)cc1NC(=O)CSc1nnc(N2C(N)=C(C#N)C(c3ccc(Cl)cc3)C3=C2CCCC3=O)s1. The van der Waals surface area contributed by atoms with Crippen LogP contribution in [0.1, 0.15) is 36.3 Å². The number of carbonyl (C=O) groups excluding carboxylic acids is 2. The van der Waals surface area contributed by atoms with Crippen molar-refractivity contribution < 1.29 is 14.0 Å². The summed E-state index contributed by atoms with van der Waals surface area (Å²) in [4.78, 5) is 27.3. The third-order valence-corrected chi connectivity index (χ3v) is 8.80. The summed E-state index contributed by atoms with van der Waals surface area (Å²) in [6.07, 6.45) is 1.62. The molecule has 0 saturated carbocycles. The molecule has 5 rings (SSSR count). The van der Waals surface area contributed by atoms with Crippen molar-refractivity contribution in [3.63, 3.8) is 0 Å². The second kappa shape index (κ2) is 11.2. The number of anilines is 2. The second-order valence-corrected chi connectivity index (χ2v) is 11.6. The smallest absolute Gasteiger partial charge is 0.234 e. The van der Waals surface area contributed by atoms with E-state index in [2.05, 4.69) is 21.6 Å². The zero-order chi connectivity index (χ0) is 27.7. The van der Waals surface area contributed by atoms with Crippen LogP contribution in [0.4, 0.5) is 15.2 Å². The number of nitriles is 1. The third-order valence-electron chi connectivity index (χ3n) is 6.50. The quantitative estimate of drug-likeness (QED) is 0.357. The Morgan fingerprint density at radius 1 is 1.28 bits per heavy atom. The highest BCUT2D eigenvalue weighted by Crippen LogP contribution is 2.47.